The third kappa shape index (κ3) is 4.01. The highest BCUT2D eigenvalue weighted by Gasteiger charge is 2.36. The number of nitrogens with one attached hydrogen (secondary N) is 2. The molecule has 1 heterocycles. The lowest BCUT2D eigenvalue weighted by molar-refractivity contribution is -0.153. The first kappa shape index (κ1) is 16.6. The molecule has 115 valence electrons. The number of imide groups is 1. The molecule has 0 spiro atoms. The van der Waals surface area contributed by atoms with Crippen LogP contribution >= 0.6 is 0 Å². The van der Waals surface area contributed by atoms with Gasteiger partial charge in [0.2, 0.25) is 12.2 Å². The van der Waals surface area contributed by atoms with Gasteiger partial charge >= 0.3 is 17.8 Å². The van der Waals surface area contributed by atoms with Crippen molar-refractivity contribution < 1.29 is 24.0 Å². The van der Waals surface area contributed by atoms with E-state index in [4.69, 9.17) is 0 Å². The lowest BCUT2D eigenvalue weighted by Gasteiger charge is -2.32. The summed E-state index contributed by atoms with van der Waals surface area (Å²) in [6, 6.07) is -2.06. The van der Waals surface area contributed by atoms with Gasteiger partial charge in [-0.3, -0.25) is 24.1 Å². The fourth-order valence-electron chi connectivity index (χ4n) is 1.81. The number of hydrogen-bond acceptors (Lipinski definition) is 5. The van der Waals surface area contributed by atoms with Crippen molar-refractivity contribution in [3.63, 3.8) is 0 Å². The molecule has 9 heteroatoms. The van der Waals surface area contributed by atoms with E-state index in [1.807, 2.05) is 0 Å². The monoisotopic (exact) mass is 297 g/mol. The molecule has 0 aromatic heterocycles. The van der Waals surface area contributed by atoms with Gasteiger partial charge < -0.3 is 15.5 Å². The predicted octanol–water partition coefficient (Wildman–Crippen LogP) is -2.00. The minimum absolute atomic E-state index is 0.0375. The van der Waals surface area contributed by atoms with Gasteiger partial charge in [0, 0.05) is 26.7 Å². The molecule has 1 atom stereocenters. The maximum atomic E-state index is 11.9. The van der Waals surface area contributed by atoms with Crippen molar-refractivity contribution >= 4 is 30.0 Å². The Bertz CT molecular complexity index is 465. The van der Waals surface area contributed by atoms with Gasteiger partial charge in [0.1, 0.15) is 6.04 Å². The lowest BCUT2D eigenvalue weighted by atomic mass is 10.2. The Morgan fingerprint density at radius 1 is 1.29 bits per heavy atom. The molecular formula is C12H17N4O5. The van der Waals surface area contributed by atoms with Crippen LogP contribution in [0.2, 0.25) is 0 Å². The van der Waals surface area contributed by atoms with Gasteiger partial charge in [-0.15, -0.1) is 0 Å². The fourth-order valence-corrected chi connectivity index (χ4v) is 1.81. The SMILES string of the molecule is CCN1CCN(C(=O)NC([C]=O)CC(=O)NC)C(=O)C1=O. The Hall–Kier alpha value is -2.45. The minimum Gasteiger partial charge on any atom is -0.359 e. The summed E-state index contributed by atoms with van der Waals surface area (Å²) in [5.74, 6) is -2.18. The first-order chi connectivity index (χ1) is 9.94. The van der Waals surface area contributed by atoms with Crippen molar-refractivity contribution in [2.24, 2.45) is 0 Å². The van der Waals surface area contributed by atoms with Gasteiger partial charge in [-0.2, -0.15) is 0 Å². The Morgan fingerprint density at radius 3 is 2.48 bits per heavy atom. The van der Waals surface area contributed by atoms with E-state index in [2.05, 4.69) is 10.6 Å². The summed E-state index contributed by atoms with van der Waals surface area (Å²) >= 11 is 0. The van der Waals surface area contributed by atoms with Crippen LogP contribution < -0.4 is 10.6 Å². The number of nitrogens with zero attached hydrogens (tertiary/aromatic N) is 2. The van der Waals surface area contributed by atoms with Crippen LogP contribution in [0.3, 0.4) is 0 Å². The molecule has 1 unspecified atom stereocenters. The zero-order valence-corrected chi connectivity index (χ0v) is 11.8. The average molecular weight is 297 g/mol. The largest absolute Gasteiger partial charge is 0.359 e. The van der Waals surface area contributed by atoms with Crippen LogP contribution in [0.5, 0.6) is 0 Å². The molecule has 1 radical (unpaired) electrons. The molecule has 1 saturated heterocycles. The van der Waals surface area contributed by atoms with Crippen LogP contribution in [0.25, 0.3) is 0 Å². The Balaban J connectivity index is 2.66. The predicted molar refractivity (Wildman–Crippen MR) is 70.7 cm³/mol. The molecule has 0 aromatic carbocycles. The smallest absolute Gasteiger partial charge is 0.325 e. The van der Waals surface area contributed by atoms with E-state index in [-0.39, 0.29) is 19.5 Å². The van der Waals surface area contributed by atoms with Gasteiger partial charge in [-0.1, -0.05) is 0 Å². The number of carbonyl (C=O) groups is 4. The summed E-state index contributed by atoms with van der Waals surface area (Å²) in [6.45, 7) is 2.37. The molecule has 21 heavy (non-hydrogen) atoms. The maximum Gasteiger partial charge on any atom is 0.325 e. The number of piperazine rings is 1. The number of carbonyl (C=O) groups excluding carboxylic acids is 5. The fraction of sp³-hybridized carbons (Fsp3) is 0.583. The van der Waals surface area contributed by atoms with E-state index < -0.39 is 29.8 Å². The number of amides is 5. The van der Waals surface area contributed by atoms with E-state index in [0.717, 1.165) is 4.90 Å². The molecule has 2 N–H and O–H groups in total. The van der Waals surface area contributed by atoms with Crippen LogP contribution in [0.4, 0.5) is 4.79 Å². The summed E-state index contributed by atoms with van der Waals surface area (Å²) < 4.78 is 0. The second kappa shape index (κ2) is 7.36. The summed E-state index contributed by atoms with van der Waals surface area (Å²) in [4.78, 5) is 59.3. The van der Waals surface area contributed by atoms with Crippen LogP contribution in [0.15, 0.2) is 0 Å². The van der Waals surface area contributed by atoms with Crippen molar-refractivity contribution in [1.29, 1.82) is 0 Å². The quantitative estimate of drug-likeness (QED) is 0.569. The van der Waals surface area contributed by atoms with Crippen LogP contribution in [0, 0.1) is 0 Å². The van der Waals surface area contributed by atoms with Gasteiger partial charge in [0.15, 0.2) is 0 Å². The molecule has 0 aliphatic carbocycles. The number of urea groups is 1. The topological polar surface area (TPSA) is 116 Å². The van der Waals surface area contributed by atoms with Crippen LogP contribution in [0.1, 0.15) is 13.3 Å². The summed E-state index contributed by atoms with van der Waals surface area (Å²) in [7, 11) is 1.39. The third-order valence-electron chi connectivity index (χ3n) is 3.04. The number of hydrogen-bond donors (Lipinski definition) is 2. The molecule has 0 bridgehead atoms. The molecular weight excluding hydrogens is 280 g/mol. The molecule has 0 saturated carbocycles. The van der Waals surface area contributed by atoms with Crippen LogP contribution in [-0.2, 0) is 19.2 Å². The molecule has 1 aliphatic heterocycles. The third-order valence-corrected chi connectivity index (χ3v) is 3.04. The molecule has 1 fully saturated rings. The summed E-state index contributed by atoms with van der Waals surface area (Å²) in [6.07, 6.45) is 1.22. The van der Waals surface area contributed by atoms with Gasteiger partial charge in [0.25, 0.3) is 0 Å². The van der Waals surface area contributed by atoms with Crippen molar-refractivity contribution in [3.05, 3.63) is 0 Å². The number of likely N-dealkylation sites (N-methyl/N-ethyl adjacent to an activating group) is 1. The minimum atomic E-state index is -1.18. The highest BCUT2D eigenvalue weighted by Crippen LogP contribution is 2.05. The molecule has 5 amide bonds. The second-order valence-electron chi connectivity index (χ2n) is 4.34. The van der Waals surface area contributed by atoms with Gasteiger partial charge in [-0.25, -0.2) is 4.79 Å². The Kier molecular flexibility index (Phi) is 5.82. The lowest BCUT2D eigenvalue weighted by Crippen LogP contribution is -2.59. The highest BCUT2D eigenvalue weighted by atomic mass is 16.2. The summed E-state index contributed by atoms with van der Waals surface area (Å²) in [5, 5.41) is 4.50. The zero-order chi connectivity index (χ0) is 16.0. The van der Waals surface area contributed by atoms with E-state index in [0.29, 0.717) is 6.54 Å². The van der Waals surface area contributed by atoms with E-state index in [9.17, 15) is 24.0 Å². The zero-order valence-electron chi connectivity index (χ0n) is 11.8. The molecule has 1 aliphatic rings. The Labute approximate surface area is 121 Å². The standard InChI is InChI=1S/C12H17N4O5/c1-3-15-4-5-16(11(20)10(15)19)12(21)14-8(7-17)6-9(18)13-2/h8H,3-6H2,1-2H3,(H,13,18)(H,14,21). The van der Waals surface area contributed by atoms with Crippen molar-refractivity contribution in [2.75, 3.05) is 26.7 Å². The molecule has 0 aromatic rings. The van der Waals surface area contributed by atoms with Crippen molar-refractivity contribution in [1.82, 2.24) is 20.4 Å². The average Bonchev–Trinajstić information content (AvgIpc) is 2.48. The van der Waals surface area contributed by atoms with Crippen LogP contribution in [-0.4, -0.2) is 72.6 Å². The number of rotatable bonds is 5. The Morgan fingerprint density at radius 2 is 1.95 bits per heavy atom. The van der Waals surface area contributed by atoms with Crippen molar-refractivity contribution in [3.8, 4) is 0 Å². The highest BCUT2D eigenvalue weighted by molar-refractivity contribution is 6.38. The van der Waals surface area contributed by atoms with E-state index >= 15 is 0 Å². The first-order valence-electron chi connectivity index (χ1n) is 6.44. The normalized spacial score (nSPS) is 16.5. The van der Waals surface area contributed by atoms with Gasteiger partial charge in [-0.05, 0) is 6.92 Å². The maximum absolute atomic E-state index is 11.9. The van der Waals surface area contributed by atoms with E-state index in [1.54, 1.807) is 6.92 Å². The summed E-state index contributed by atoms with van der Waals surface area (Å²) in [5.41, 5.74) is 0. The molecule has 1 rings (SSSR count). The van der Waals surface area contributed by atoms with Crippen molar-refractivity contribution in [2.45, 2.75) is 19.4 Å². The van der Waals surface area contributed by atoms with Gasteiger partial charge in [0.05, 0.1) is 6.42 Å². The van der Waals surface area contributed by atoms with E-state index in [1.165, 1.54) is 18.2 Å². The molecule has 9 nitrogen and oxygen atoms in total. The first-order valence-corrected chi connectivity index (χ1v) is 6.44. The second-order valence-corrected chi connectivity index (χ2v) is 4.34.